The molecule has 0 aromatic rings. The fraction of sp³-hybridized carbons (Fsp3) is 0.746. The highest BCUT2D eigenvalue weighted by Gasteiger charge is 2.17. The molecule has 0 saturated carbocycles. The fourth-order valence-electron chi connectivity index (χ4n) is 8.10. The molecule has 5 heteroatoms. The molecule has 1 atom stereocenters. The van der Waals surface area contributed by atoms with Crippen LogP contribution < -0.4 is 0 Å². The zero-order valence-corrected chi connectivity index (χ0v) is 45.1. The predicted molar refractivity (Wildman–Crippen MR) is 297 cm³/mol. The summed E-state index contributed by atoms with van der Waals surface area (Å²) in [5, 5.41) is 0. The molecule has 0 fully saturated rings. The molecular weight excluding hydrogens is 837 g/mol. The molecule has 0 heterocycles. The second-order valence-corrected chi connectivity index (χ2v) is 19.2. The van der Waals surface area contributed by atoms with Gasteiger partial charge in [-0.2, -0.15) is 0 Å². The van der Waals surface area contributed by atoms with Gasteiger partial charge in [0.2, 0.25) is 0 Å². The summed E-state index contributed by atoms with van der Waals surface area (Å²) in [7, 11) is 0. The number of hydrogen-bond acceptors (Lipinski definition) is 5. The van der Waals surface area contributed by atoms with Gasteiger partial charge in [0.05, 0.1) is 6.61 Å². The summed E-state index contributed by atoms with van der Waals surface area (Å²) in [6, 6.07) is 0. The second-order valence-electron chi connectivity index (χ2n) is 19.2. The van der Waals surface area contributed by atoms with E-state index in [0.717, 1.165) is 89.9 Å². The molecule has 0 N–H and O–H groups in total. The Kier molecular flexibility index (Phi) is 55.9. The van der Waals surface area contributed by atoms with E-state index in [2.05, 4.69) is 106 Å². The summed E-state index contributed by atoms with van der Waals surface area (Å²) in [5.74, 6) is -0.428. The first-order chi connectivity index (χ1) is 33.6. The highest BCUT2D eigenvalue weighted by atomic mass is 16.6. The predicted octanol–water partition coefficient (Wildman–Crippen LogP) is 20.0. The summed E-state index contributed by atoms with van der Waals surface area (Å²) in [5.41, 5.74) is 0. The van der Waals surface area contributed by atoms with Crippen LogP contribution in [0, 0.1) is 0 Å². The molecule has 0 aliphatic heterocycles. The lowest BCUT2D eigenvalue weighted by Crippen LogP contribution is -2.30. The van der Waals surface area contributed by atoms with Crippen molar-refractivity contribution in [2.75, 3.05) is 19.8 Å². The third-order valence-electron chi connectivity index (χ3n) is 12.4. The van der Waals surface area contributed by atoms with Crippen LogP contribution in [0.5, 0.6) is 0 Å². The molecule has 0 radical (unpaired) electrons. The molecule has 0 spiro atoms. The Hall–Kier alpha value is -2.92. The van der Waals surface area contributed by atoms with Gasteiger partial charge in [-0.3, -0.25) is 9.59 Å². The van der Waals surface area contributed by atoms with E-state index >= 15 is 0 Å². The smallest absolute Gasteiger partial charge is 0.306 e. The molecular formula is C63H110O5. The molecule has 0 aromatic heterocycles. The lowest BCUT2D eigenvalue weighted by atomic mass is 10.0. The van der Waals surface area contributed by atoms with Crippen molar-refractivity contribution < 1.29 is 23.8 Å². The Bertz CT molecular complexity index is 1250. The monoisotopic (exact) mass is 947 g/mol. The molecule has 0 aromatic carbocycles. The summed E-state index contributed by atoms with van der Waals surface area (Å²) >= 11 is 0. The molecule has 0 bridgehead atoms. The van der Waals surface area contributed by atoms with Crippen molar-refractivity contribution in [2.45, 2.75) is 284 Å². The molecule has 0 rings (SSSR count). The fourth-order valence-corrected chi connectivity index (χ4v) is 8.10. The van der Waals surface area contributed by atoms with Gasteiger partial charge >= 0.3 is 11.9 Å². The number of hydrogen-bond donors (Lipinski definition) is 0. The Morgan fingerprint density at radius 3 is 1.10 bits per heavy atom. The van der Waals surface area contributed by atoms with Gasteiger partial charge < -0.3 is 14.2 Å². The van der Waals surface area contributed by atoms with Crippen molar-refractivity contribution >= 4 is 11.9 Å². The Labute approximate surface area is 422 Å². The van der Waals surface area contributed by atoms with Crippen LogP contribution in [0.15, 0.2) is 85.1 Å². The van der Waals surface area contributed by atoms with Gasteiger partial charge in [0.15, 0.2) is 6.10 Å². The first-order valence-electron chi connectivity index (χ1n) is 29.1. The Morgan fingerprint density at radius 2 is 0.662 bits per heavy atom. The zero-order chi connectivity index (χ0) is 49.2. The van der Waals surface area contributed by atoms with E-state index in [9.17, 15) is 9.59 Å². The number of carbonyl (C=O) groups excluding carboxylic acids is 2. The van der Waals surface area contributed by atoms with Gasteiger partial charge in [-0.15, -0.1) is 0 Å². The molecule has 0 aliphatic rings. The number of esters is 2. The van der Waals surface area contributed by atoms with E-state index in [4.69, 9.17) is 14.2 Å². The minimum atomic E-state index is -0.554. The van der Waals surface area contributed by atoms with Gasteiger partial charge in [0.1, 0.15) is 6.61 Å². The van der Waals surface area contributed by atoms with Crippen LogP contribution in [-0.2, 0) is 23.8 Å². The van der Waals surface area contributed by atoms with Gasteiger partial charge in [-0.1, -0.05) is 254 Å². The highest BCUT2D eigenvalue weighted by molar-refractivity contribution is 5.70. The number of carbonyl (C=O) groups is 2. The van der Waals surface area contributed by atoms with Crippen molar-refractivity contribution in [3.63, 3.8) is 0 Å². The van der Waals surface area contributed by atoms with E-state index in [1.807, 2.05) is 0 Å². The average Bonchev–Trinajstić information content (AvgIpc) is 3.34. The number of rotatable bonds is 53. The van der Waals surface area contributed by atoms with Crippen LogP contribution in [0.4, 0.5) is 0 Å². The topological polar surface area (TPSA) is 61.8 Å². The van der Waals surface area contributed by atoms with Crippen molar-refractivity contribution in [1.29, 1.82) is 0 Å². The third-order valence-corrected chi connectivity index (χ3v) is 12.4. The second kappa shape index (κ2) is 58.4. The van der Waals surface area contributed by atoms with Crippen LogP contribution in [0.2, 0.25) is 0 Å². The normalized spacial score (nSPS) is 12.8. The van der Waals surface area contributed by atoms with Crippen molar-refractivity contribution in [3.8, 4) is 0 Å². The number of unbranched alkanes of at least 4 members (excludes halogenated alkanes) is 28. The first-order valence-corrected chi connectivity index (χ1v) is 29.1. The van der Waals surface area contributed by atoms with Gasteiger partial charge in [-0.05, 0) is 96.3 Å². The summed E-state index contributed by atoms with van der Waals surface area (Å²) in [6.45, 7) is 7.68. The van der Waals surface area contributed by atoms with Crippen molar-refractivity contribution in [2.24, 2.45) is 0 Å². The van der Waals surface area contributed by atoms with Crippen molar-refractivity contribution in [1.82, 2.24) is 0 Å². The molecule has 0 aliphatic carbocycles. The van der Waals surface area contributed by atoms with Gasteiger partial charge in [0.25, 0.3) is 0 Å². The van der Waals surface area contributed by atoms with Gasteiger partial charge in [0, 0.05) is 19.4 Å². The van der Waals surface area contributed by atoms with E-state index in [1.165, 1.54) is 154 Å². The zero-order valence-electron chi connectivity index (χ0n) is 45.1. The minimum absolute atomic E-state index is 0.0662. The summed E-state index contributed by atoms with van der Waals surface area (Å²) in [4.78, 5) is 25.5. The molecule has 68 heavy (non-hydrogen) atoms. The summed E-state index contributed by atoms with van der Waals surface area (Å²) in [6.07, 6.45) is 77.5. The maximum atomic E-state index is 12.8. The SMILES string of the molecule is CC/C=C\C/C=C\C/C=C\C/C=C\C/C=C\CCCCCC(=O)OCC(COCCCCCCCCCCCC/C=C\C/C=C\CCCCC)OC(=O)CCCCCCCCCCCCCCC. The quantitative estimate of drug-likeness (QED) is 0.0345. The van der Waals surface area contributed by atoms with Gasteiger partial charge in [-0.25, -0.2) is 0 Å². The highest BCUT2D eigenvalue weighted by Crippen LogP contribution is 2.15. The minimum Gasteiger partial charge on any atom is -0.462 e. The lowest BCUT2D eigenvalue weighted by molar-refractivity contribution is -0.163. The van der Waals surface area contributed by atoms with E-state index in [-0.39, 0.29) is 25.2 Å². The molecule has 392 valence electrons. The van der Waals surface area contributed by atoms with Crippen LogP contribution in [0.25, 0.3) is 0 Å². The maximum absolute atomic E-state index is 12.8. The van der Waals surface area contributed by atoms with E-state index in [1.54, 1.807) is 0 Å². The largest absolute Gasteiger partial charge is 0.462 e. The lowest BCUT2D eigenvalue weighted by Gasteiger charge is -2.18. The number of ether oxygens (including phenoxy) is 3. The standard InChI is InChI=1S/C63H110O5/c1-4-7-10-13-16-19-22-25-27-29-31-33-35-37-40-43-46-49-52-55-58-66-59-61(68-63(65)57-54-51-48-45-42-38-24-21-18-15-12-9-6-3)60-67-62(64)56-53-50-47-44-41-39-36-34-32-30-28-26-23-20-17-14-11-8-5-2/h8,11,16-17,19-20,25-28,32,34,39,41,61H,4-7,9-10,12-15,18,21-24,29-31,33,35-38,40,42-60H2,1-3H3/b11-8-,19-16-,20-17-,27-25-,28-26-,34-32-,41-39-. The van der Waals surface area contributed by atoms with E-state index in [0.29, 0.717) is 19.4 Å². The van der Waals surface area contributed by atoms with Crippen LogP contribution >= 0.6 is 0 Å². The molecule has 1 unspecified atom stereocenters. The van der Waals surface area contributed by atoms with E-state index < -0.39 is 6.10 Å². The van der Waals surface area contributed by atoms with Crippen LogP contribution in [0.1, 0.15) is 278 Å². The first kappa shape index (κ1) is 65.1. The van der Waals surface area contributed by atoms with Crippen LogP contribution in [0.3, 0.4) is 0 Å². The molecule has 0 saturated heterocycles. The van der Waals surface area contributed by atoms with Crippen LogP contribution in [-0.4, -0.2) is 37.9 Å². The third kappa shape index (κ3) is 55.7. The molecule has 5 nitrogen and oxygen atoms in total. The van der Waals surface area contributed by atoms with Crippen molar-refractivity contribution in [3.05, 3.63) is 85.1 Å². The summed E-state index contributed by atoms with van der Waals surface area (Å²) < 4.78 is 17.5. The average molecular weight is 948 g/mol. The Balaban J connectivity index is 4.30. The number of allylic oxidation sites excluding steroid dienone is 14. The Morgan fingerprint density at radius 1 is 0.338 bits per heavy atom. The molecule has 0 amide bonds. The maximum Gasteiger partial charge on any atom is 0.306 e.